The van der Waals surface area contributed by atoms with Crippen LogP contribution in [0.15, 0.2) is 66.9 Å². The van der Waals surface area contributed by atoms with Crippen molar-refractivity contribution in [1.29, 1.82) is 0 Å². The second-order valence-corrected chi connectivity index (χ2v) is 4.83. The number of benzene rings is 2. The summed E-state index contributed by atoms with van der Waals surface area (Å²) < 4.78 is 28.4. The van der Waals surface area contributed by atoms with Crippen LogP contribution in [0.3, 0.4) is 0 Å². The molecule has 0 aromatic heterocycles. The van der Waals surface area contributed by atoms with E-state index in [0.29, 0.717) is 12.1 Å². The van der Waals surface area contributed by atoms with Gasteiger partial charge in [-0.15, -0.1) is 0 Å². The first-order valence-corrected chi connectivity index (χ1v) is 6.90. The minimum absolute atomic E-state index is 0.0501. The standard InChI is InChI=1S/C19H13F2N/c20-17-13-16(10-9-15-7-3-1-4-8-15)14-18(21)19(17)22-11-5-2-6-12-22/h1-8,11,13-14H,12H2. The number of rotatable bonds is 1. The number of anilines is 1. The molecule has 0 radical (unpaired) electrons. The molecule has 2 aromatic rings. The van der Waals surface area contributed by atoms with Gasteiger partial charge in [0.15, 0.2) is 11.6 Å². The van der Waals surface area contributed by atoms with Gasteiger partial charge in [0, 0.05) is 23.9 Å². The van der Waals surface area contributed by atoms with Gasteiger partial charge in [0.1, 0.15) is 5.69 Å². The summed E-state index contributed by atoms with van der Waals surface area (Å²) in [5, 5.41) is 0. The van der Waals surface area contributed by atoms with Crippen molar-refractivity contribution in [2.75, 3.05) is 11.4 Å². The molecular formula is C19H13F2N. The lowest BCUT2D eigenvalue weighted by Crippen LogP contribution is -2.20. The molecule has 1 heterocycles. The number of hydrogen-bond acceptors (Lipinski definition) is 1. The summed E-state index contributed by atoms with van der Waals surface area (Å²) >= 11 is 0. The van der Waals surface area contributed by atoms with Crippen molar-refractivity contribution in [1.82, 2.24) is 0 Å². The summed E-state index contributed by atoms with van der Waals surface area (Å²) in [5.41, 5.74) is 1.07. The molecule has 0 fully saturated rings. The zero-order valence-electron chi connectivity index (χ0n) is 11.8. The maximum atomic E-state index is 14.2. The van der Waals surface area contributed by atoms with Crippen LogP contribution in [-0.2, 0) is 0 Å². The molecule has 0 aliphatic carbocycles. The lowest BCUT2D eigenvalue weighted by molar-refractivity contribution is 0.581. The Morgan fingerprint density at radius 2 is 1.55 bits per heavy atom. The van der Waals surface area contributed by atoms with Crippen molar-refractivity contribution in [2.24, 2.45) is 0 Å². The van der Waals surface area contributed by atoms with Gasteiger partial charge < -0.3 is 4.90 Å². The van der Waals surface area contributed by atoms with E-state index in [4.69, 9.17) is 0 Å². The number of halogens is 2. The van der Waals surface area contributed by atoms with Crippen LogP contribution in [0.2, 0.25) is 0 Å². The molecule has 0 bridgehead atoms. The quantitative estimate of drug-likeness (QED) is 0.710. The average Bonchev–Trinajstić information content (AvgIpc) is 2.54. The van der Waals surface area contributed by atoms with Gasteiger partial charge in [0.05, 0.1) is 0 Å². The summed E-state index contributed by atoms with van der Waals surface area (Å²) in [6.07, 6.45) is 7.07. The lowest BCUT2D eigenvalue weighted by atomic mass is 10.1. The van der Waals surface area contributed by atoms with E-state index in [1.807, 2.05) is 42.5 Å². The first-order chi connectivity index (χ1) is 10.7. The molecule has 0 unspecified atom stereocenters. The number of nitrogens with zero attached hydrogens (tertiary/aromatic N) is 1. The molecular weight excluding hydrogens is 280 g/mol. The van der Waals surface area contributed by atoms with Crippen LogP contribution in [0.1, 0.15) is 11.1 Å². The van der Waals surface area contributed by atoms with Crippen LogP contribution in [0, 0.1) is 23.5 Å². The molecule has 1 nitrogen and oxygen atoms in total. The van der Waals surface area contributed by atoms with E-state index in [1.165, 1.54) is 17.0 Å². The van der Waals surface area contributed by atoms with Gasteiger partial charge in [-0.25, -0.2) is 8.78 Å². The minimum Gasteiger partial charge on any atom is -0.339 e. The number of hydrogen-bond donors (Lipinski definition) is 0. The minimum atomic E-state index is -0.614. The molecule has 2 aromatic carbocycles. The van der Waals surface area contributed by atoms with Gasteiger partial charge in [0.2, 0.25) is 0 Å². The summed E-state index contributed by atoms with van der Waals surface area (Å²) in [6.45, 7) is 0.444. The Balaban J connectivity index is 1.91. The van der Waals surface area contributed by atoms with Crippen molar-refractivity contribution in [2.45, 2.75) is 0 Å². The van der Waals surface area contributed by atoms with Crippen LogP contribution in [0.25, 0.3) is 0 Å². The van der Waals surface area contributed by atoms with E-state index in [2.05, 4.69) is 11.8 Å². The fraction of sp³-hybridized carbons (Fsp3) is 0.0526. The predicted molar refractivity (Wildman–Crippen MR) is 84.4 cm³/mol. The molecule has 3 rings (SSSR count). The van der Waals surface area contributed by atoms with E-state index in [0.717, 1.165) is 5.56 Å². The third-order valence-electron chi connectivity index (χ3n) is 3.24. The van der Waals surface area contributed by atoms with Crippen LogP contribution >= 0.6 is 0 Å². The molecule has 1 aliphatic heterocycles. The van der Waals surface area contributed by atoms with Crippen LogP contribution in [0.4, 0.5) is 14.5 Å². The highest BCUT2D eigenvalue weighted by Gasteiger charge is 2.16. The van der Waals surface area contributed by atoms with Crippen molar-refractivity contribution < 1.29 is 8.78 Å². The van der Waals surface area contributed by atoms with Crippen molar-refractivity contribution >= 4 is 5.69 Å². The monoisotopic (exact) mass is 293 g/mol. The molecule has 0 saturated carbocycles. The van der Waals surface area contributed by atoms with E-state index in [1.54, 1.807) is 12.3 Å². The van der Waals surface area contributed by atoms with Crippen molar-refractivity contribution in [3.63, 3.8) is 0 Å². The maximum absolute atomic E-state index is 14.2. The SMILES string of the molecule is Fc1cc(C#Cc2ccccc2)cc(F)c1N1C=CC=CC1. The molecule has 0 amide bonds. The highest BCUT2D eigenvalue weighted by Crippen LogP contribution is 2.26. The fourth-order valence-electron chi connectivity index (χ4n) is 2.21. The third kappa shape index (κ3) is 3.07. The van der Waals surface area contributed by atoms with Crippen molar-refractivity contribution in [3.05, 3.63) is 89.7 Å². The Morgan fingerprint density at radius 3 is 2.18 bits per heavy atom. The molecule has 108 valence electrons. The second-order valence-electron chi connectivity index (χ2n) is 4.83. The highest BCUT2D eigenvalue weighted by molar-refractivity contribution is 5.57. The van der Waals surface area contributed by atoms with Gasteiger partial charge in [-0.1, -0.05) is 42.2 Å². The van der Waals surface area contributed by atoms with Gasteiger partial charge >= 0.3 is 0 Å². The van der Waals surface area contributed by atoms with E-state index in [-0.39, 0.29) is 5.69 Å². The molecule has 3 heteroatoms. The lowest BCUT2D eigenvalue weighted by Gasteiger charge is -2.21. The smallest absolute Gasteiger partial charge is 0.151 e. The largest absolute Gasteiger partial charge is 0.339 e. The number of allylic oxidation sites excluding steroid dienone is 2. The average molecular weight is 293 g/mol. The topological polar surface area (TPSA) is 3.24 Å². The Labute approximate surface area is 128 Å². The molecule has 0 N–H and O–H groups in total. The predicted octanol–water partition coefficient (Wildman–Crippen LogP) is 4.25. The van der Waals surface area contributed by atoms with Crippen LogP contribution in [0.5, 0.6) is 0 Å². The molecule has 1 aliphatic rings. The van der Waals surface area contributed by atoms with Gasteiger partial charge in [-0.3, -0.25) is 0 Å². The fourth-order valence-corrected chi connectivity index (χ4v) is 2.21. The Morgan fingerprint density at radius 1 is 0.864 bits per heavy atom. The summed E-state index contributed by atoms with van der Waals surface area (Å²) in [4.78, 5) is 1.53. The summed E-state index contributed by atoms with van der Waals surface area (Å²) in [7, 11) is 0. The van der Waals surface area contributed by atoms with Gasteiger partial charge in [-0.05, 0) is 30.3 Å². The summed E-state index contributed by atoms with van der Waals surface area (Å²) in [6, 6.07) is 11.8. The molecule has 0 saturated heterocycles. The Bertz CT molecular complexity index is 772. The Hall–Kier alpha value is -2.86. The zero-order valence-corrected chi connectivity index (χ0v) is 11.8. The Kier molecular flexibility index (Phi) is 4.02. The van der Waals surface area contributed by atoms with E-state index in [9.17, 15) is 8.78 Å². The molecule has 0 atom stereocenters. The van der Waals surface area contributed by atoms with Crippen molar-refractivity contribution in [3.8, 4) is 11.8 Å². The van der Waals surface area contributed by atoms with Crippen LogP contribution < -0.4 is 4.90 Å². The van der Waals surface area contributed by atoms with E-state index >= 15 is 0 Å². The highest BCUT2D eigenvalue weighted by atomic mass is 19.1. The first-order valence-electron chi connectivity index (χ1n) is 6.90. The molecule has 22 heavy (non-hydrogen) atoms. The second kappa shape index (κ2) is 6.28. The van der Waals surface area contributed by atoms with Gasteiger partial charge in [-0.2, -0.15) is 0 Å². The maximum Gasteiger partial charge on any atom is 0.151 e. The zero-order chi connectivity index (χ0) is 15.4. The normalized spacial score (nSPS) is 12.9. The molecule has 0 spiro atoms. The van der Waals surface area contributed by atoms with Gasteiger partial charge in [0.25, 0.3) is 0 Å². The third-order valence-corrected chi connectivity index (χ3v) is 3.24. The van der Waals surface area contributed by atoms with E-state index < -0.39 is 11.6 Å². The first kappa shape index (κ1) is 14.1. The summed E-state index contributed by atoms with van der Waals surface area (Å²) in [5.74, 6) is 4.46. The van der Waals surface area contributed by atoms with Crippen LogP contribution in [-0.4, -0.2) is 6.54 Å².